The Balaban J connectivity index is 0.00000387. The maximum absolute atomic E-state index is 14.1. The lowest BCUT2D eigenvalue weighted by molar-refractivity contribution is 0.0262. The smallest absolute Gasteiger partial charge is 0.195 e. The number of likely N-dealkylation sites (tertiary alicyclic amines) is 1. The topological polar surface area (TPSA) is 48.0 Å². The van der Waals surface area contributed by atoms with Gasteiger partial charge in [0.2, 0.25) is 0 Å². The van der Waals surface area contributed by atoms with Crippen LogP contribution >= 0.6 is 47.3 Å². The Morgan fingerprint density at radius 2 is 1.46 bits per heavy atom. The molecule has 0 saturated carbocycles. The second-order valence-electron chi connectivity index (χ2n) is 9.76. The number of thiophene rings is 1. The highest BCUT2D eigenvalue weighted by Gasteiger charge is 2.23. The Morgan fingerprint density at radius 3 is 2.12 bits per heavy atom. The van der Waals surface area contributed by atoms with Crippen LogP contribution in [0.15, 0.2) is 66.7 Å². The molecule has 5 rings (SSSR count). The van der Waals surface area contributed by atoms with Gasteiger partial charge >= 0.3 is 0 Å². The molecule has 0 spiro atoms. The van der Waals surface area contributed by atoms with Gasteiger partial charge in [-0.1, -0.05) is 6.42 Å². The van der Waals surface area contributed by atoms with Gasteiger partial charge in [-0.2, -0.15) is 0 Å². The average molecular weight is 630 g/mol. The molecule has 1 saturated heterocycles. The summed E-state index contributed by atoms with van der Waals surface area (Å²) in [5.74, 6) is 3.57. The Bertz CT molecular complexity index is 1420. The number of ether oxygens (including phenoxy) is 3. The molecule has 0 bridgehead atoms. The molecule has 0 N–H and O–H groups in total. The highest BCUT2D eigenvalue weighted by atomic mass is 35.5. The van der Waals surface area contributed by atoms with Crippen LogP contribution in [0.2, 0.25) is 0 Å². The average Bonchev–Trinajstić information content (AvgIpc) is 3.38. The summed E-state index contributed by atoms with van der Waals surface area (Å²) in [6.07, 6.45) is 7.76. The van der Waals surface area contributed by atoms with Crippen LogP contribution in [-0.4, -0.2) is 54.4 Å². The number of fused-ring (bicyclic) bond motifs is 1. The van der Waals surface area contributed by atoms with Gasteiger partial charge < -0.3 is 14.2 Å². The number of rotatable bonds is 12. The van der Waals surface area contributed by atoms with Gasteiger partial charge in [0.25, 0.3) is 0 Å². The number of carbonyl (C=O) groups excluding carboxylic acids is 1. The number of thioether (sulfide) groups is 2. The molecule has 1 unspecified atom stereocenters. The fourth-order valence-electron chi connectivity index (χ4n) is 4.93. The summed E-state index contributed by atoms with van der Waals surface area (Å²) in [6.45, 7) is 4.24. The minimum Gasteiger partial charge on any atom is -0.483 e. The molecule has 41 heavy (non-hydrogen) atoms. The second-order valence-corrected chi connectivity index (χ2v) is 12.4. The zero-order valence-electron chi connectivity index (χ0n) is 23.6. The quantitative estimate of drug-likeness (QED) is 0.115. The standard InChI is InChI=1S/C32H35NO4S3.ClH/c1-22(33-17-5-4-6-18-33)37-26-13-7-23(8-14-26)31(34)30-28-16-15-27(36-21-39-3)19-29(28)40-32(30)24-9-11-25(12-10-24)35-20-38-2;/h7-16,19,22H,4-6,17-18,20-21H2,1-3H3;1H. The molecule has 1 aliphatic heterocycles. The monoisotopic (exact) mass is 629 g/mol. The Labute approximate surface area is 261 Å². The van der Waals surface area contributed by atoms with Gasteiger partial charge in [-0.15, -0.1) is 47.3 Å². The first-order valence-electron chi connectivity index (χ1n) is 13.5. The van der Waals surface area contributed by atoms with E-state index in [2.05, 4.69) is 11.8 Å². The molecule has 1 aliphatic rings. The van der Waals surface area contributed by atoms with E-state index in [4.69, 9.17) is 14.2 Å². The molecule has 0 aliphatic carbocycles. The van der Waals surface area contributed by atoms with Crippen molar-refractivity contribution in [2.45, 2.75) is 32.4 Å². The van der Waals surface area contributed by atoms with Crippen LogP contribution in [0.25, 0.3) is 20.5 Å². The SMILES string of the molecule is CSCOc1ccc(-c2sc3cc(OCSC)ccc3c2C(=O)c2ccc(OC(C)N3CCCCC3)cc2)cc1.Cl. The van der Waals surface area contributed by atoms with Crippen LogP contribution in [0.4, 0.5) is 0 Å². The van der Waals surface area contributed by atoms with Gasteiger partial charge in [0, 0.05) is 39.2 Å². The van der Waals surface area contributed by atoms with E-state index in [1.54, 1.807) is 34.9 Å². The molecule has 1 atom stereocenters. The molecule has 4 aromatic rings. The van der Waals surface area contributed by atoms with Crippen molar-refractivity contribution in [2.75, 3.05) is 37.5 Å². The first kappa shape index (κ1) is 31.6. The molecule has 218 valence electrons. The van der Waals surface area contributed by atoms with E-state index in [1.807, 2.05) is 79.2 Å². The van der Waals surface area contributed by atoms with Gasteiger partial charge in [-0.3, -0.25) is 9.69 Å². The van der Waals surface area contributed by atoms with Crippen molar-refractivity contribution in [3.05, 3.63) is 77.9 Å². The van der Waals surface area contributed by atoms with Crippen molar-refractivity contribution in [3.8, 4) is 27.7 Å². The molecule has 0 radical (unpaired) electrons. The van der Waals surface area contributed by atoms with Crippen LogP contribution in [-0.2, 0) is 0 Å². The van der Waals surface area contributed by atoms with E-state index in [-0.39, 0.29) is 24.4 Å². The number of hydrogen-bond donors (Lipinski definition) is 0. The van der Waals surface area contributed by atoms with Gasteiger partial charge in [0.1, 0.15) is 35.4 Å². The number of piperidine rings is 1. The minimum atomic E-state index is -0.00243. The molecule has 9 heteroatoms. The number of ketones is 1. The number of hydrogen-bond acceptors (Lipinski definition) is 8. The number of nitrogens with zero attached hydrogens (tertiary/aromatic N) is 1. The van der Waals surface area contributed by atoms with Crippen LogP contribution in [0.3, 0.4) is 0 Å². The predicted molar refractivity (Wildman–Crippen MR) is 178 cm³/mol. The third-order valence-corrected chi connectivity index (χ3v) is 8.93. The molecule has 0 amide bonds. The minimum absolute atomic E-state index is 0. The largest absolute Gasteiger partial charge is 0.483 e. The van der Waals surface area contributed by atoms with Crippen LogP contribution in [0.5, 0.6) is 17.2 Å². The molecule has 2 heterocycles. The van der Waals surface area contributed by atoms with E-state index < -0.39 is 0 Å². The third-order valence-electron chi connectivity index (χ3n) is 7.02. The maximum Gasteiger partial charge on any atom is 0.195 e. The van der Waals surface area contributed by atoms with Crippen molar-refractivity contribution < 1.29 is 19.0 Å². The van der Waals surface area contributed by atoms with Crippen molar-refractivity contribution in [1.82, 2.24) is 4.90 Å². The summed E-state index contributed by atoms with van der Waals surface area (Å²) >= 11 is 4.88. The van der Waals surface area contributed by atoms with Crippen LogP contribution < -0.4 is 14.2 Å². The van der Waals surface area contributed by atoms with Crippen LogP contribution in [0, 0.1) is 0 Å². The van der Waals surface area contributed by atoms with E-state index in [0.717, 1.165) is 50.9 Å². The summed E-state index contributed by atoms with van der Waals surface area (Å²) in [5.41, 5.74) is 2.34. The highest BCUT2D eigenvalue weighted by molar-refractivity contribution is 7.98. The zero-order valence-corrected chi connectivity index (χ0v) is 26.9. The lowest BCUT2D eigenvalue weighted by Gasteiger charge is -2.32. The molecular formula is C32H36ClNO4S3. The molecule has 1 aromatic heterocycles. The van der Waals surface area contributed by atoms with Crippen molar-refractivity contribution >= 4 is 63.1 Å². The molecular weight excluding hydrogens is 594 g/mol. The molecule has 5 nitrogen and oxygen atoms in total. The fraction of sp³-hybridized carbons (Fsp3) is 0.344. The Hall–Kier alpha value is -2.36. The van der Waals surface area contributed by atoms with Gasteiger partial charge in [0.05, 0.1) is 0 Å². The summed E-state index contributed by atoms with van der Waals surface area (Å²) in [6, 6.07) is 21.6. The van der Waals surface area contributed by atoms with Gasteiger partial charge in [-0.05, 0) is 105 Å². The van der Waals surface area contributed by atoms with Crippen molar-refractivity contribution in [1.29, 1.82) is 0 Å². The first-order valence-corrected chi connectivity index (χ1v) is 17.1. The van der Waals surface area contributed by atoms with E-state index in [1.165, 1.54) is 19.3 Å². The lowest BCUT2D eigenvalue weighted by atomic mass is 9.97. The summed E-state index contributed by atoms with van der Waals surface area (Å²) in [4.78, 5) is 17.4. The predicted octanol–water partition coefficient (Wildman–Crippen LogP) is 8.83. The van der Waals surface area contributed by atoms with E-state index >= 15 is 0 Å². The van der Waals surface area contributed by atoms with E-state index in [9.17, 15) is 4.79 Å². The van der Waals surface area contributed by atoms with Gasteiger partial charge in [0.15, 0.2) is 5.78 Å². The maximum atomic E-state index is 14.1. The second kappa shape index (κ2) is 15.2. The highest BCUT2D eigenvalue weighted by Crippen LogP contribution is 2.42. The van der Waals surface area contributed by atoms with Crippen molar-refractivity contribution in [3.63, 3.8) is 0 Å². The van der Waals surface area contributed by atoms with Crippen molar-refractivity contribution in [2.24, 2.45) is 0 Å². The fourth-order valence-corrected chi connectivity index (χ4v) is 6.68. The molecule has 3 aromatic carbocycles. The summed E-state index contributed by atoms with van der Waals surface area (Å²) in [5, 5.41) is 0.934. The Kier molecular flexibility index (Phi) is 11.7. The van der Waals surface area contributed by atoms with Crippen LogP contribution in [0.1, 0.15) is 42.1 Å². The number of halogens is 1. The number of benzene rings is 3. The Morgan fingerprint density at radius 1 is 0.854 bits per heavy atom. The third kappa shape index (κ3) is 7.73. The normalized spacial score (nSPS) is 14.3. The van der Waals surface area contributed by atoms with Gasteiger partial charge in [-0.25, -0.2) is 0 Å². The number of carbonyl (C=O) groups is 1. The lowest BCUT2D eigenvalue weighted by Crippen LogP contribution is -2.40. The molecule has 1 fully saturated rings. The summed E-state index contributed by atoms with van der Waals surface area (Å²) in [7, 11) is 0. The first-order chi connectivity index (χ1) is 19.6. The zero-order chi connectivity index (χ0) is 27.9. The van der Waals surface area contributed by atoms with E-state index in [0.29, 0.717) is 23.0 Å². The summed E-state index contributed by atoms with van der Waals surface area (Å²) < 4.78 is 18.8.